The fourth-order valence-electron chi connectivity index (χ4n) is 4.52. The van der Waals surface area contributed by atoms with Gasteiger partial charge in [0.05, 0.1) is 21.5 Å². The van der Waals surface area contributed by atoms with E-state index in [1.54, 1.807) is 33.8 Å². The molecule has 0 spiro atoms. The first-order chi connectivity index (χ1) is 22.7. The van der Waals surface area contributed by atoms with Crippen molar-refractivity contribution < 1.29 is 24.0 Å². The topological polar surface area (TPSA) is 283 Å². The molecule has 252 valence electrons. The molecule has 18 nitrogen and oxygen atoms in total. The maximum Gasteiger partial charge on any atom is 0.274 e. The summed E-state index contributed by atoms with van der Waals surface area (Å²) in [4.78, 5) is 72.5. The molecule has 0 saturated heterocycles. The molecule has 4 rings (SSSR count). The minimum Gasteiger partial charge on any atom is -0.370 e. The first-order valence-corrected chi connectivity index (χ1v) is 15.0. The second-order valence-corrected chi connectivity index (χ2v) is 11.5. The highest BCUT2D eigenvalue weighted by Gasteiger charge is 2.23. The van der Waals surface area contributed by atoms with Gasteiger partial charge in [0.1, 0.15) is 22.8 Å². The lowest BCUT2D eigenvalue weighted by Crippen LogP contribution is -2.37. The Balaban J connectivity index is 1.39. The van der Waals surface area contributed by atoms with Gasteiger partial charge in [0.25, 0.3) is 29.5 Å². The molecule has 0 fully saturated rings. The van der Waals surface area contributed by atoms with Gasteiger partial charge in [-0.2, -0.15) is 5.10 Å². The summed E-state index contributed by atoms with van der Waals surface area (Å²) in [5.74, 6) is -2.68. The number of aromatic amines is 4. The average molecular weight is 725 g/mol. The quantitative estimate of drug-likeness (QED) is 0.0445. The van der Waals surface area contributed by atoms with Crippen LogP contribution in [0.15, 0.2) is 29.5 Å². The van der Waals surface area contributed by atoms with Gasteiger partial charge in [0, 0.05) is 47.9 Å². The Kier molecular flexibility index (Phi) is 10.5. The van der Waals surface area contributed by atoms with Gasteiger partial charge in [-0.1, -0.05) is 6.58 Å². The van der Waals surface area contributed by atoms with E-state index in [4.69, 9.17) is 11.1 Å². The van der Waals surface area contributed by atoms with Crippen molar-refractivity contribution in [1.82, 2.24) is 35.8 Å². The van der Waals surface area contributed by atoms with Crippen LogP contribution in [0.3, 0.4) is 0 Å². The Morgan fingerprint density at radius 2 is 1.31 bits per heavy atom. The zero-order valence-corrected chi connectivity index (χ0v) is 27.9. The van der Waals surface area contributed by atoms with Crippen molar-refractivity contribution in [2.45, 2.75) is 27.7 Å². The molecule has 0 aliphatic heterocycles. The van der Waals surface area contributed by atoms with Gasteiger partial charge in [-0.3, -0.25) is 34.5 Å². The predicted molar refractivity (Wildman–Crippen MR) is 183 cm³/mol. The van der Waals surface area contributed by atoms with E-state index in [1.807, 2.05) is 0 Å². The van der Waals surface area contributed by atoms with E-state index >= 15 is 0 Å². The number of hydrogen-bond donors (Lipinski definition) is 12. The van der Waals surface area contributed by atoms with Crippen molar-refractivity contribution in [3.8, 4) is 0 Å². The number of guanidine groups is 1. The molecular formula is C29H34BrN13O5. The van der Waals surface area contributed by atoms with Gasteiger partial charge >= 0.3 is 0 Å². The number of nitrogens with two attached hydrogens (primary N) is 1. The first-order valence-electron chi connectivity index (χ1n) is 14.2. The summed E-state index contributed by atoms with van der Waals surface area (Å²) in [6.07, 6.45) is 2.92. The summed E-state index contributed by atoms with van der Waals surface area (Å²) < 4.78 is 0.0935. The minimum absolute atomic E-state index is 0.0935. The van der Waals surface area contributed by atoms with Gasteiger partial charge in [0.2, 0.25) is 0 Å². The van der Waals surface area contributed by atoms with Crippen LogP contribution < -0.4 is 37.6 Å². The number of rotatable bonds is 12. The van der Waals surface area contributed by atoms with Crippen LogP contribution in [0.25, 0.3) is 0 Å². The Morgan fingerprint density at radius 1 is 0.771 bits per heavy atom. The van der Waals surface area contributed by atoms with Crippen molar-refractivity contribution >= 4 is 74.3 Å². The molecule has 19 heteroatoms. The Hall–Kier alpha value is -6.11. The molecule has 0 unspecified atom stereocenters. The van der Waals surface area contributed by atoms with Crippen molar-refractivity contribution in [3.05, 3.63) is 74.7 Å². The molecule has 13 N–H and O–H groups in total. The molecule has 4 aromatic heterocycles. The summed E-state index contributed by atoms with van der Waals surface area (Å²) >= 11 is 3.01. The molecule has 0 aromatic carbocycles. The van der Waals surface area contributed by atoms with Crippen LogP contribution >= 0.6 is 15.9 Å². The third kappa shape index (κ3) is 7.81. The zero-order valence-electron chi connectivity index (χ0n) is 26.3. The monoisotopic (exact) mass is 723 g/mol. The predicted octanol–water partition coefficient (Wildman–Crippen LogP) is 2.44. The Morgan fingerprint density at radius 3 is 1.88 bits per heavy atom. The van der Waals surface area contributed by atoms with Crippen LogP contribution in [0, 0.1) is 33.1 Å². The highest BCUT2D eigenvalue weighted by atomic mass is 79.9. The SMILES string of the molecule is C=C(Br)C(=O)Nc1cc(C)[nH]c1C(=O)Nc1c[nH]c(C(=O)Nc2c[nH]c(C(=O)Nc3n[nH]c(C(=O)NCCNC(=N)N)c3C)c2C)c1C. The fourth-order valence-corrected chi connectivity index (χ4v) is 4.62. The maximum absolute atomic E-state index is 13.2. The van der Waals surface area contributed by atoms with Crippen molar-refractivity contribution in [3.63, 3.8) is 0 Å². The lowest BCUT2D eigenvalue weighted by atomic mass is 10.2. The second-order valence-electron chi connectivity index (χ2n) is 10.5. The third-order valence-electron chi connectivity index (χ3n) is 7.10. The molecule has 48 heavy (non-hydrogen) atoms. The van der Waals surface area contributed by atoms with Gasteiger partial charge in [-0.15, -0.1) is 0 Å². The largest absolute Gasteiger partial charge is 0.370 e. The van der Waals surface area contributed by atoms with Crippen molar-refractivity contribution in [1.29, 1.82) is 5.41 Å². The molecule has 0 saturated carbocycles. The first kappa shape index (κ1) is 34.8. The molecular weight excluding hydrogens is 690 g/mol. The van der Waals surface area contributed by atoms with Crippen LogP contribution in [-0.4, -0.2) is 73.7 Å². The molecule has 5 amide bonds. The number of amides is 5. The summed E-state index contributed by atoms with van der Waals surface area (Å²) in [6.45, 7) is 10.6. The van der Waals surface area contributed by atoms with Gasteiger partial charge < -0.3 is 52.6 Å². The summed E-state index contributed by atoms with van der Waals surface area (Å²) in [6, 6.07) is 1.60. The molecule has 0 radical (unpaired) electrons. The maximum atomic E-state index is 13.2. The number of anilines is 4. The highest BCUT2D eigenvalue weighted by molar-refractivity contribution is 9.12. The Bertz CT molecular complexity index is 1950. The van der Waals surface area contributed by atoms with Crippen LogP contribution in [0.1, 0.15) is 64.3 Å². The molecule has 0 atom stereocenters. The molecule has 0 aliphatic rings. The number of hydrogen-bond acceptors (Lipinski definition) is 7. The van der Waals surface area contributed by atoms with Crippen LogP contribution in [0.2, 0.25) is 0 Å². The van der Waals surface area contributed by atoms with Crippen LogP contribution in [0.5, 0.6) is 0 Å². The lowest BCUT2D eigenvalue weighted by Gasteiger charge is -2.08. The minimum atomic E-state index is -0.558. The van der Waals surface area contributed by atoms with Crippen molar-refractivity contribution in [2.75, 3.05) is 34.4 Å². The molecule has 4 aromatic rings. The summed E-state index contributed by atoms with van der Waals surface area (Å²) in [7, 11) is 0. The molecule has 4 heterocycles. The number of carbonyl (C=O) groups excluding carboxylic acids is 5. The van der Waals surface area contributed by atoms with E-state index in [2.05, 4.69) is 79.6 Å². The van der Waals surface area contributed by atoms with E-state index in [0.717, 1.165) is 0 Å². The van der Waals surface area contributed by atoms with E-state index in [1.165, 1.54) is 12.4 Å². The van der Waals surface area contributed by atoms with E-state index in [9.17, 15) is 24.0 Å². The van der Waals surface area contributed by atoms with Gasteiger partial charge in [-0.25, -0.2) is 0 Å². The standard InChI is InChI=1S/C29H34BrN13O5/c1-11-8-16(38-24(44)15(5)30)22(37-11)28(48)40-18-10-35-19(12(18)2)26(46)39-17-9-36-20(13(17)3)27(47)41-23-14(4)21(42-43-23)25(45)33-6-7-34-29(31)32/h8-10,35-37H,5-7H2,1-4H3,(H,33,45)(H,38,44)(H,39,46)(H,40,48)(H4,31,32,34)(H2,41,42,43,47). The number of halogens is 1. The second kappa shape index (κ2) is 14.5. The average Bonchev–Trinajstić information content (AvgIpc) is 3.78. The van der Waals surface area contributed by atoms with E-state index in [-0.39, 0.29) is 57.8 Å². The fraction of sp³-hybridized carbons (Fsp3) is 0.207. The zero-order chi connectivity index (χ0) is 35.3. The highest BCUT2D eigenvalue weighted by Crippen LogP contribution is 2.26. The van der Waals surface area contributed by atoms with Crippen molar-refractivity contribution in [2.24, 2.45) is 5.73 Å². The molecule has 0 aliphatic carbocycles. The van der Waals surface area contributed by atoms with Gasteiger partial charge in [0.15, 0.2) is 11.8 Å². The lowest BCUT2D eigenvalue weighted by molar-refractivity contribution is -0.112. The van der Waals surface area contributed by atoms with E-state index in [0.29, 0.717) is 33.8 Å². The van der Waals surface area contributed by atoms with Crippen LogP contribution in [-0.2, 0) is 4.79 Å². The normalized spacial score (nSPS) is 10.6. The van der Waals surface area contributed by atoms with E-state index < -0.39 is 29.5 Å². The number of carbonyl (C=O) groups is 5. The van der Waals surface area contributed by atoms with Crippen LogP contribution in [0.4, 0.5) is 22.9 Å². The number of nitrogens with zero attached hydrogens (tertiary/aromatic N) is 1. The number of nitrogens with one attached hydrogen (secondary N) is 11. The molecule has 0 bridgehead atoms. The third-order valence-corrected chi connectivity index (χ3v) is 7.46. The number of aromatic nitrogens is 5. The smallest absolute Gasteiger partial charge is 0.274 e. The van der Waals surface area contributed by atoms with Gasteiger partial charge in [-0.05, 0) is 49.7 Å². The summed E-state index contributed by atoms with van der Waals surface area (Å²) in [5.41, 5.74) is 8.64. The summed E-state index contributed by atoms with van der Waals surface area (Å²) in [5, 5.41) is 29.7. The Labute approximate surface area is 281 Å². The number of aryl methyl sites for hydroxylation is 1. The number of H-pyrrole nitrogens is 4.